The Labute approximate surface area is 203 Å². The highest BCUT2D eigenvalue weighted by Gasteiger charge is 2.55. The zero-order chi connectivity index (χ0) is 23.9. The van der Waals surface area contributed by atoms with Gasteiger partial charge in [0.25, 0.3) is 5.91 Å². The van der Waals surface area contributed by atoms with Crippen LogP contribution in [-0.4, -0.2) is 35.0 Å². The lowest BCUT2D eigenvalue weighted by molar-refractivity contribution is -0.133. The van der Waals surface area contributed by atoms with Crippen LogP contribution >= 0.6 is 11.6 Å². The van der Waals surface area contributed by atoms with Crippen LogP contribution < -0.4 is 5.73 Å². The van der Waals surface area contributed by atoms with Crippen LogP contribution in [0.3, 0.4) is 0 Å². The Morgan fingerprint density at radius 2 is 1.82 bits per heavy atom. The molecular weight excluding hydrogens is 452 g/mol. The molecule has 1 aliphatic heterocycles. The third-order valence-corrected chi connectivity index (χ3v) is 7.46. The van der Waals surface area contributed by atoms with Gasteiger partial charge >= 0.3 is 0 Å². The number of nitrogens with two attached hydrogens (primary N) is 1. The Morgan fingerprint density at radius 1 is 1.09 bits per heavy atom. The SMILES string of the molecule is NC(=O)c1ccc(CN2C(=O)c3ccccc3C2(OCC2(CO)CC2)C2=CC=C(Cl)CC2)cc1. The third kappa shape index (κ3) is 3.86. The van der Waals surface area contributed by atoms with E-state index in [0.717, 1.165) is 34.6 Å². The topological polar surface area (TPSA) is 92.9 Å². The summed E-state index contributed by atoms with van der Waals surface area (Å²) in [5.74, 6) is -0.617. The maximum atomic E-state index is 13.8. The second-order valence-electron chi connectivity index (χ2n) is 9.39. The Hall–Kier alpha value is -2.93. The van der Waals surface area contributed by atoms with Crippen LogP contribution in [0.25, 0.3) is 0 Å². The number of fused-ring (bicyclic) bond motifs is 1. The molecule has 2 aliphatic carbocycles. The van der Waals surface area contributed by atoms with E-state index in [4.69, 9.17) is 22.1 Å². The van der Waals surface area contributed by atoms with Crippen LogP contribution in [-0.2, 0) is 17.0 Å². The van der Waals surface area contributed by atoms with Crippen molar-refractivity contribution in [3.63, 3.8) is 0 Å². The molecule has 0 aromatic heterocycles. The molecule has 0 spiro atoms. The lowest BCUT2D eigenvalue weighted by atomic mass is 9.87. The molecule has 1 atom stereocenters. The summed E-state index contributed by atoms with van der Waals surface area (Å²) in [6, 6.07) is 14.5. The molecule has 0 radical (unpaired) electrons. The molecule has 0 saturated heterocycles. The fourth-order valence-corrected chi connectivity index (χ4v) is 4.97. The number of aliphatic hydroxyl groups is 1. The van der Waals surface area contributed by atoms with E-state index in [9.17, 15) is 14.7 Å². The van der Waals surface area contributed by atoms with Gasteiger partial charge in [0.05, 0.1) is 13.2 Å². The van der Waals surface area contributed by atoms with Crippen LogP contribution in [0.2, 0.25) is 0 Å². The van der Waals surface area contributed by atoms with Crippen LogP contribution in [0.5, 0.6) is 0 Å². The number of rotatable bonds is 8. The summed E-state index contributed by atoms with van der Waals surface area (Å²) in [7, 11) is 0. The van der Waals surface area contributed by atoms with Gasteiger partial charge in [-0.15, -0.1) is 0 Å². The van der Waals surface area contributed by atoms with Crippen molar-refractivity contribution in [2.45, 2.75) is 38.0 Å². The van der Waals surface area contributed by atoms with Gasteiger partial charge in [0.1, 0.15) is 0 Å². The van der Waals surface area contributed by atoms with Gasteiger partial charge in [-0.05, 0) is 61.1 Å². The van der Waals surface area contributed by atoms with E-state index in [2.05, 4.69) is 0 Å². The van der Waals surface area contributed by atoms with Crippen molar-refractivity contribution >= 4 is 23.4 Å². The van der Waals surface area contributed by atoms with E-state index in [1.807, 2.05) is 48.6 Å². The summed E-state index contributed by atoms with van der Waals surface area (Å²) in [6.45, 7) is 0.683. The highest BCUT2D eigenvalue weighted by atomic mass is 35.5. The molecule has 1 fully saturated rings. The third-order valence-electron chi connectivity index (χ3n) is 7.14. The van der Waals surface area contributed by atoms with Crippen molar-refractivity contribution in [2.24, 2.45) is 11.1 Å². The minimum Gasteiger partial charge on any atom is -0.396 e. The molecule has 1 unspecified atom stereocenters. The van der Waals surface area contributed by atoms with E-state index < -0.39 is 11.6 Å². The van der Waals surface area contributed by atoms with Gasteiger partial charge in [-0.25, -0.2) is 0 Å². The molecule has 3 N–H and O–H groups in total. The van der Waals surface area contributed by atoms with Crippen LogP contribution in [0.15, 0.2) is 71.3 Å². The average Bonchev–Trinajstić information content (AvgIpc) is 3.60. The first-order valence-corrected chi connectivity index (χ1v) is 11.9. The maximum absolute atomic E-state index is 13.8. The number of carbonyl (C=O) groups is 2. The first kappa shape index (κ1) is 22.8. The summed E-state index contributed by atoms with van der Waals surface area (Å²) in [6.07, 6.45) is 6.95. The zero-order valence-corrected chi connectivity index (χ0v) is 19.6. The molecule has 5 rings (SSSR count). The average molecular weight is 479 g/mol. The largest absolute Gasteiger partial charge is 0.396 e. The van der Waals surface area contributed by atoms with Crippen LogP contribution in [0.1, 0.15) is 57.5 Å². The number of hydrogen-bond acceptors (Lipinski definition) is 4. The minimum absolute atomic E-state index is 0.0536. The lowest BCUT2D eigenvalue weighted by Crippen LogP contribution is -2.48. The van der Waals surface area contributed by atoms with Crippen molar-refractivity contribution in [3.05, 3.63) is 93.5 Å². The molecule has 34 heavy (non-hydrogen) atoms. The van der Waals surface area contributed by atoms with Crippen LogP contribution in [0, 0.1) is 5.41 Å². The highest BCUT2D eigenvalue weighted by Crippen LogP contribution is 2.52. The number of hydrogen-bond donors (Lipinski definition) is 2. The molecule has 1 heterocycles. The molecule has 176 valence electrons. The molecule has 1 saturated carbocycles. The molecule has 3 aliphatic rings. The first-order chi connectivity index (χ1) is 16.4. The summed E-state index contributed by atoms with van der Waals surface area (Å²) in [4.78, 5) is 27.0. The number of carbonyl (C=O) groups excluding carboxylic acids is 2. The zero-order valence-electron chi connectivity index (χ0n) is 18.8. The van der Waals surface area contributed by atoms with Gasteiger partial charge in [0.2, 0.25) is 5.91 Å². The van der Waals surface area contributed by atoms with Gasteiger partial charge in [-0.3, -0.25) is 14.5 Å². The quantitative estimate of drug-likeness (QED) is 0.594. The number of ether oxygens (including phenoxy) is 1. The Morgan fingerprint density at radius 3 is 2.44 bits per heavy atom. The van der Waals surface area contributed by atoms with E-state index in [1.54, 1.807) is 17.0 Å². The van der Waals surface area contributed by atoms with Crippen molar-refractivity contribution in [1.29, 1.82) is 0 Å². The predicted octanol–water partition coefficient (Wildman–Crippen LogP) is 4.23. The van der Waals surface area contributed by atoms with Gasteiger partial charge in [-0.2, -0.15) is 0 Å². The molecule has 2 aromatic carbocycles. The van der Waals surface area contributed by atoms with Gasteiger partial charge in [0, 0.05) is 33.7 Å². The fraction of sp³-hybridized carbons (Fsp3) is 0.333. The monoisotopic (exact) mass is 478 g/mol. The van der Waals surface area contributed by atoms with Crippen molar-refractivity contribution in [2.75, 3.05) is 13.2 Å². The molecule has 2 amide bonds. The van der Waals surface area contributed by atoms with Gasteiger partial charge in [0.15, 0.2) is 5.72 Å². The first-order valence-electron chi connectivity index (χ1n) is 11.5. The summed E-state index contributed by atoms with van der Waals surface area (Å²) < 4.78 is 6.76. The normalized spacial score (nSPS) is 22.8. The summed E-state index contributed by atoms with van der Waals surface area (Å²) in [5.41, 5.74) is 7.66. The molecule has 6 nitrogen and oxygen atoms in total. The molecular formula is C27H27ClN2O4. The van der Waals surface area contributed by atoms with Crippen molar-refractivity contribution < 1.29 is 19.4 Å². The standard InChI is InChI=1S/C27H27ClN2O4/c28-21-11-9-20(10-12-21)27(34-17-26(16-31)13-14-26)23-4-2-1-3-22(23)25(33)30(27)15-18-5-7-19(8-6-18)24(29)32/h1-9,11,31H,10,12-17H2,(H2,29,32). The number of halogens is 1. The number of aliphatic hydroxyl groups excluding tert-OH is 1. The predicted molar refractivity (Wildman–Crippen MR) is 129 cm³/mol. The van der Waals surface area contributed by atoms with E-state index >= 15 is 0 Å². The van der Waals surface area contributed by atoms with Crippen molar-refractivity contribution in [1.82, 2.24) is 4.90 Å². The Bertz CT molecular complexity index is 1200. The van der Waals surface area contributed by atoms with Gasteiger partial charge < -0.3 is 15.6 Å². The maximum Gasteiger partial charge on any atom is 0.257 e. The van der Waals surface area contributed by atoms with Crippen molar-refractivity contribution in [3.8, 4) is 0 Å². The smallest absolute Gasteiger partial charge is 0.257 e. The van der Waals surface area contributed by atoms with E-state index in [0.29, 0.717) is 30.6 Å². The Kier molecular flexibility index (Phi) is 5.84. The molecule has 2 aromatic rings. The number of benzene rings is 2. The number of primary amides is 1. The van der Waals surface area contributed by atoms with Crippen LogP contribution in [0.4, 0.5) is 0 Å². The minimum atomic E-state index is -1.10. The number of allylic oxidation sites excluding steroid dienone is 3. The number of nitrogens with zero attached hydrogens (tertiary/aromatic N) is 1. The Balaban J connectivity index is 1.61. The lowest BCUT2D eigenvalue weighted by Gasteiger charge is -2.42. The second kappa shape index (κ2) is 8.69. The molecule has 7 heteroatoms. The van der Waals surface area contributed by atoms with E-state index in [-0.39, 0.29) is 24.5 Å². The second-order valence-corrected chi connectivity index (χ2v) is 9.88. The van der Waals surface area contributed by atoms with Gasteiger partial charge in [-0.1, -0.05) is 48.0 Å². The molecule has 0 bridgehead atoms. The van der Waals surface area contributed by atoms with E-state index in [1.165, 1.54) is 0 Å². The summed E-state index contributed by atoms with van der Waals surface area (Å²) >= 11 is 6.28. The number of amides is 2. The fourth-order valence-electron chi connectivity index (χ4n) is 4.81. The highest BCUT2D eigenvalue weighted by molar-refractivity contribution is 6.29. The summed E-state index contributed by atoms with van der Waals surface area (Å²) in [5, 5.41) is 10.7.